The van der Waals surface area contributed by atoms with E-state index in [0.29, 0.717) is 16.8 Å². The maximum absolute atomic E-state index is 13.1. The van der Waals surface area contributed by atoms with Crippen molar-refractivity contribution in [2.24, 2.45) is 0 Å². The van der Waals surface area contributed by atoms with E-state index in [9.17, 15) is 18.0 Å². The van der Waals surface area contributed by atoms with E-state index in [0.717, 1.165) is 5.56 Å². The minimum atomic E-state index is -3.79. The number of carbonyl (C=O) groups excluding carboxylic acids is 2. The standard InChI is InChI=1S/C27H22N2O4S/c1-19-15-16-25(24(17-19)26(30)20-9-4-2-5-10-20)28-27(31)21-11-8-12-22(18-21)29-34(32,33)23-13-6-3-7-14-23/h2-18,29H,1H3,(H,28,31). The molecule has 0 heterocycles. The van der Waals surface area contributed by atoms with Gasteiger partial charge in [-0.1, -0.05) is 66.2 Å². The van der Waals surface area contributed by atoms with Crippen LogP contribution in [-0.2, 0) is 10.0 Å². The zero-order chi connectivity index (χ0) is 24.1. The van der Waals surface area contributed by atoms with Gasteiger partial charge in [0, 0.05) is 22.4 Å². The van der Waals surface area contributed by atoms with Gasteiger partial charge < -0.3 is 5.32 Å². The van der Waals surface area contributed by atoms with Crippen LogP contribution in [0.15, 0.2) is 108 Å². The Morgan fingerprint density at radius 1 is 0.706 bits per heavy atom. The van der Waals surface area contributed by atoms with Crippen molar-refractivity contribution in [1.29, 1.82) is 0 Å². The topological polar surface area (TPSA) is 92.3 Å². The van der Waals surface area contributed by atoms with Crippen LogP contribution in [0.1, 0.15) is 31.8 Å². The molecule has 6 nitrogen and oxygen atoms in total. The molecule has 34 heavy (non-hydrogen) atoms. The van der Waals surface area contributed by atoms with Crippen LogP contribution in [0.3, 0.4) is 0 Å². The van der Waals surface area contributed by atoms with Crippen LogP contribution in [0.25, 0.3) is 0 Å². The molecule has 0 aliphatic rings. The molecule has 170 valence electrons. The fourth-order valence-electron chi connectivity index (χ4n) is 3.43. The van der Waals surface area contributed by atoms with Gasteiger partial charge in [0.15, 0.2) is 5.78 Å². The number of benzene rings is 4. The Kier molecular flexibility index (Phi) is 6.56. The molecule has 0 aliphatic carbocycles. The highest BCUT2D eigenvalue weighted by molar-refractivity contribution is 7.92. The number of aryl methyl sites for hydroxylation is 1. The summed E-state index contributed by atoms with van der Waals surface area (Å²) >= 11 is 0. The number of sulfonamides is 1. The lowest BCUT2D eigenvalue weighted by molar-refractivity contribution is 0.102. The van der Waals surface area contributed by atoms with Gasteiger partial charge in [0.05, 0.1) is 10.6 Å². The van der Waals surface area contributed by atoms with Crippen molar-refractivity contribution in [1.82, 2.24) is 0 Å². The summed E-state index contributed by atoms with van der Waals surface area (Å²) in [6, 6.07) is 28.2. The molecule has 0 aliphatic heterocycles. The van der Waals surface area contributed by atoms with Crippen molar-refractivity contribution >= 4 is 33.1 Å². The molecular weight excluding hydrogens is 448 g/mol. The average Bonchev–Trinajstić information content (AvgIpc) is 2.85. The van der Waals surface area contributed by atoms with E-state index in [-0.39, 0.29) is 21.9 Å². The third-order valence-corrected chi connectivity index (χ3v) is 6.53. The number of ketones is 1. The molecule has 4 rings (SSSR count). The number of hydrogen-bond donors (Lipinski definition) is 2. The first-order valence-corrected chi connectivity index (χ1v) is 12.0. The number of anilines is 2. The minimum Gasteiger partial charge on any atom is -0.321 e. The predicted molar refractivity (Wildman–Crippen MR) is 133 cm³/mol. The Bertz CT molecular complexity index is 1450. The molecule has 0 radical (unpaired) electrons. The van der Waals surface area contributed by atoms with E-state index in [1.165, 1.54) is 18.2 Å². The minimum absolute atomic E-state index is 0.119. The molecule has 0 aromatic heterocycles. The Balaban J connectivity index is 1.58. The molecular formula is C27H22N2O4S. The molecule has 2 N–H and O–H groups in total. The Hall–Kier alpha value is -4.23. The highest BCUT2D eigenvalue weighted by Gasteiger charge is 2.18. The van der Waals surface area contributed by atoms with Gasteiger partial charge in [-0.15, -0.1) is 0 Å². The molecule has 0 unspecified atom stereocenters. The summed E-state index contributed by atoms with van der Waals surface area (Å²) in [5.41, 5.74) is 2.64. The summed E-state index contributed by atoms with van der Waals surface area (Å²) in [6.07, 6.45) is 0. The maximum Gasteiger partial charge on any atom is 0.261 e. The van der Waals surface area contributed by atoms with Crippen LogP contribution in [0.4, 0.5) is 11.4 Å². The zero-order valence-corrected chi connectivity index (χ0v) is 19.2. The summed E-state index contributed by atoms with van der Waals surface area (Å²) in [5.74, 6) is -0.671. The molecule has 0 bridgehead atoms. The lowest BCUT2D eigenvalue weighted by Crippen LogP contribution is -2.17. The smallest absolute Gasteiger partial charge is 0.261 e. The van der Waals surface area contributed by atoms with Gasteiger partial charge in [-0.25, -0.2) is 8.42 Å². The van der Waals surface area contributed by atoms with Gasteiger partial charge in [-0.3, -0.25) is 14.3 Å². The van der Waals surface area contributed by atoms with Gasteiger partial charge in [-0.2, -0.15) is 0 Å². The third kappa shape index (κ3) is 5.22. The van der Waals surface area contributed by atoms with E-state index in [4.69, 9.17) is 0 Å². The highest BCUT2D eigenvalue weighted by atomic mass is 32.2. The summed E-state index contributed by atoms with van der Waals surface area (Å²) in [5, 5.41) is 2.79. The first-order chi connectivity index (χ1) is 16.3. The van der Waals surface area contributed by atoms with Crippen LogP contribution in [0, 0.1) is 6.92 Å². The quantitative estimate of drug-likeness (QED) is 0.360. The molecule has 4 aromatic rings. The Morgan fingerprint density at radius 3 is 2.06 bits per heavy atom. The summed E-state index contributed by atoms with van der Waals surface area (Å²) < 4.78 is 27.7. The molecule has 0 fully saturated rings. The zero-order valence-electron chi connectivity index (χ0n) is 18.4. The lowest BCUT2D eigenvalue weighted by Gasteiger charge is -2.13. The van der Waals surface area contributed by atoms with Gasteiger partial charge >= 0.3 is 0 Å². The lowest BCUT2D eigenvalue weighted by atomic mass is 9.99. The second-order valence-corrected chi connectivity index (χ2v) is 9.38. The summed E-state index contributed by atoms with van der Waals surface area (Å²) in [4.78, 5) is 26.2. The third-order valence-electron chi connectivity index (χ3n) is 5.13. The summed E-state index contributed by atoms with van der Waals surface area (Å²) in [7, 11) is -3.79. The second kappa shape index (κ2) is 9.72. The molecule has 4 aromatic carbocycles. The summed E-state index contributed by atoms with van der Waals surface area (Å²) in [6.45, 7) is 1.87. The average molecular weight is 471 g/mol. The second-order valence-electron chi connectivity index (χ2n) is 7.70. The molecule has 1 amide bonds. The van der Waals surface area contributed by atoms with Gasteiger partial charge in [-0.05, 0) is 49.4 Å². The monoisotopic (exact) mass is 470 g/mol. The first-order valence-electron chi connectivity index (χ1n) is 10.5. The first kappa shape index (κ1) is 22.9. The Labute approximate surface area is 198 Å². The van der Waals surface area contributed by atoms with Crippen molar-refractivity contribution < 1.29 is 18.0 Å². The van der Waals surface area contributed by atoms with Gasteiger partial charge in [0.25, 0.3) is 15.9 Å². The normalized spacial score (nSPS) is 11.0. The number of amides is 1. The number of rotatable bonds is 7. The Morgan fingerprint density at radius 2 is 1.35 bits per heavy atom. The van der Waals surface area contributed by atoms with Crippen LogP contribution < -0.4 is 10.0 Å². The van der Waals surface area contributed by atoms with Crippen molar-refractivity contribution in [2.75, 3.05) is 10.0 Å². The SMILES string of the molecule is Cc1ccc(NC(=O)c2cccc(NS(=O)(=O)c3ccccc3)c2)c(C(=O)c2ccccc2)c1. The number of hydrogen-bond acceptors (Lipinski definition) is 4. The number of nitrogens with one attached hydrogen (secondary N) is 2. The molecule has 0 saturated carbocycles. The van der Waals surface area contributed by atoms with E-state index < -0.39 is 15.9 Å². The maximum atomic E-state index is 13.1. The van der Waals surface area contributed by atoms with E-state index in [2.05, 4.69) is 10.0 Å². The van der Waals surface area contributed by atoms with Crippen molar-refractivity contribution in [2.45, 2.75) is 11.8 Å². The molecule has 7 heteroatoms. The van der Waals surface area contributed by atoms with Crippen LogP contribution in [0.5, 0.6) is 0 Å². The van der Waals surface area contributed by atoms with Crippen LogP contribution in [0.2, 0.25) is 0 Å². The molecule has 0 saturated heterocycles. The van der Waals surface area contributed by atoms with Crippen LogP contribution >= 0.6 is 0 Å². The van der Waals surface area contributed by atoms with Crippen molar-refractivity contribution in [3.8, 4) is 0 Å². The van der Waals surface area contributed by atoms with Gasteiger partial charge in [0.2, 0.25) is 0 Å². The molecule has 0 spiro atoms. The van der Waals surface area contributed by atoms with Crippen molar-refractivity contribution in [3.63, 3.8) is 0 Å². The molecule has 0 atom stereocenters. The van der Waals surface area contributed by atoms with Crippen molar-refractivity contribution in [3.05, 3.63) is 125 Å². The highest BCUT2D eigenvalue weighted by Crippen LogP contribution is 2.23. The fourth-order valence-corrected chi connectivity index (χ4v) is 4.50. The predicted octanol–water partition coefficient (Wildman–Crippen LogP) is 5.28. The largest absolute Gasteiger partial charge is 0.321 e. The van der Waals surface area contributed by atoms with E-state index in [1.54, 1.807) is 72.8 Å². The van der Waals surface area contributed by atoms with Gasteiger partial charge in [0.1, 0.15) is 0 Å². The number of carbonyl (C=O) groups is 2. The fraction of sp³-hybridized carbons (Fsp3) is 0.0370. The van der Waals surface area contributed by atoms with Crippen LogP contribution in [-0.4, -0.2) is 20.1 Å². The van der Waals surface area contributed by atoms with E-state index >= 15 is 0 Å². The van der Waals surface area contributed by atoms with E-state index in [1.807, 2.05) is 19.1 Å².